The van der Waals surface area contributed by atoms with Gasteiger partial charge in [-0.2, -0.15) is 0 Å². The summed E-state index contributed by atoms with van der Waals surface area (Å²) in [7, 11) is 0. The van der Waals surface area contributed by atoms with Gasteiger partial charge in [-0.3, -0.25) is 0 Å². The van der Waals surface area contributed by atoms with Crippen molar-refractivity contribution < 1.29 is 4.74 Å². The lowest BCUT2D eigenvalue weighted by molar-refractivity contribution is 0.287. The molecule has 0 heterocycles. The zero-order chi connectivity index (χ0) is 15.9. The summed E-state index contributed by atoms with van der Waals surface area (Å²) < 4.78 is 6.77. The largest absolute Gasteiger partial charge is 0.491 e. The Hall–Kier alpha value is -1.59. The molecule has 0 spiro atoms. The van der Waals surface area contributed by atoms with Crippen LogP contribution in [0.25, 0.3) is 0 Å². The fraction of sp³-hybridized carbons (Fsp3) is 0.235. The average Bonchev–Trinajstić information content (AvgIpc) is 2.49. The normalized spacial score (nSPS) is 11.6. The van der Waals surface area contributed by atoms with Gasteiger partial charge < -0.3 is 15.4 Å². The molecule has 0 aliphatic heterocycles. The lowest BCUT2D eigenvalue weighted by Crippen LogP contribution is -2.39. The highest BCUT2D eigenvalue weighted by Gasteiger charge is 2.05. The second kappa shape index (κ2) is 8.15. The van der Waals surface area contributed by atoms with Gasteiger partial charge in [-0.05, 0) is 62.5 Å². The first kappa shape index (κ1) is 16.8. The third-order valence-corrected chi connectivity index (χ3v) is 3.75. The van der Waals surface area contributed by atoms with Crippen molar-refractivity contribution in [3.8, 4) is 5.75 Å². The predicted octanol–water partition coefficient (Wildman–Crippen LogP) is 4.51. The minimum Gasteiger partial charge on any atom is -0.491 e. The van der Waals surface area contributed by atoms with Crippen molar-refractivity contribution in [1.82, 2.24) is 5.32 Å². The number of rotatable bonds is 5. The van der Waals surface area contributed by atoms with Crippen molar-refractivity contribution in [2.24, 2.45) is 0 Å². The number of halogens is 1. The summed E-state index contributed by atoms with van der Waals surface area (Å²) >= 11 is 8.71. The molecule has 0 fully saturated rings. The Morgan fingerprint density at radius 1 is 1.14 bits per heavy atom. The van der Waals surface area contributed by atoms with Gasteiger partial charge in [0, 0.05) is 10.2 Å². The topological polar surface area (TPSA) is 33.3 Å². The highest BCUT2D eigenvalue weighted by molar-refractivity contribution is 9.10. The van der Waals surface area contributed by atoms with Crippen molar-refractivity contribution in [2.75, 3.05) is 11.9 Å². The predicted molar refractivity (Wildman–Crippen MR) is 99.6 cm³/mol. The Balaban J connectivity index is 1.76. The summed E-state index contributed by atoms with van der Waals surface area (Å²) in [4.78, 5) is 0. The van der Waals surface area contributed by atoms with Gasteiger partial charge in [0.15, 0.2) is 5.11 Å². The number of anilines is 1. The Kier molecular flexibility index (Phi) is 6.21. The van der Waals surface area contributed by atoms with Crippen LogP contribution in [0.1, 0.15) is 12.5 Å². The number of hydrogen-bond donors (Lipinski definition) is 2. The smallest absolute Gasteiger partial charge is 0.171 e. The van der Waals surface area contributed by atoms with Crippen LogP contribution in [-0.4, -0.2) is 17.8 Å². The lowest BCUT2D eigenvalue weighted by atomic mass is 10.2. The van der Waals surface area contributed by atoms with Gasteiger partial charge in [0.05, 0.1) is 6.04 Å². The summed E-state index contributed by atoms with van der Waals surface area (Å²) in [6.07, 6.45) is 0. The van der Waals surface area contributed by atoms with E-state index in [1.165, 1.54) is 5.56 Å². The summed E-state index contributed by atoms with van der Waals surface area (Å²) in [5.74, 6) is 0.867. The van der Waals surface area contributed by atoms with Gasteiger partial charge >= 0.3 is 0 Å². The standard InChI is InChI=1S/C17H19BrN2OS/c1-12-3-9-16(10-4-12)21-11-13(2)19-17(22)20-15-7-5-14(18)6-8-15/h3-10,13H,11H2,1-2H3,(H2,19,20,22). The molecular weight excluding hydrogens is 360 g/mol. The number of hydrogen-bond acceptors (Lipinski definition) is 2. The van der Waals surface area contributed by atoms with Gasteiger partial charge in [0.25, 0.3) is 0 Å². The van der Waals surface area contributed by atoms with E-state index in [1.54, 1.807) is 0 Å². The number of thiocarbonyl (C=S) groups is 1. The maximum Gasteiger partial charge on any atom is 0.171 e. The molecule has 1 atom stereocenters. The van der Waals surface area contributed by atoms with E-state index < -0.39 is 0 Å². The van der Waals surface area contributed by atoms with Crippen LogP contribution >= 0.6 is 28.1 Å². The summed E-state index contributed by atoms with van der Waals surface area (Å²) in [6.45, 7) is 4.63. The van der Waals surface area contributed by atoms with Gasteiger partial charge in [0.1, 0.15) is 12.4 Å². The quantitative estimate of drug-likeness (QED) is 0.749. The molecule has 5 heteroatoms. The fourth-order valence-corrected chi connectivity index (χ4v) is 2.40. The summed E-state index contributed by atoms with van der Waals surface area (Å²) in [6, 6.07) is 16.0. The molecule has 0 amide bonds. The van der Waals surface area contributed by atoms with Crippen LogP contribution in [0.2, 0.25) is 0 Å². The number of nitrogens with one attached hydrogen (secondary N) is 2. The van der Waals surface area contributed by atoms with Crippen LogP contribution < -0.4 is 15.4 Å². The Morgan fingerprint density at radius 2 is 1.77 bits per heavy atom. The molecule has 2 aromatic rings. The molecule has 0 bridgehead atoms. The summed E-state index contributed by atoms with van der Waals surface area (Å²) in [5.41, 5.74) is 2.17. The molecule has 22 heavy (non-hydrogen) atoms. The highest BCUT2D eigenvalue weighted by Crippen LogP contribution is 2.14. The van der Waals surface area contributed by atoms with E-state index in [-0.39, 0.29) is 6.04 Å². The van der Waals surface area contributed by atoms with E-state index in [1.807, 2.05) is 55.5 Å². The van der Waals surface area contributed by atoms with E-state index in [0.717, 1.165) is 15.9 Å². The first-order chi connectivity index (χ1) is 10.5. The molecule has 0 radical (unpaired) electrons. The molecule has 2 aromatic carbocycles. The van der Waals surface area contributed by atoms with Crippen molar-refractivity contribution in [3.05, 3.63) is 58.6 Å². The van der Waals surface area contributed by atoms with Crippen molar-refractivity contribution in [3.63, 3.8) is 0 Å². The summed E-state index contributed by atoms with van der Waals surface area (Å²) in [5, 5.41) is 6.94. The Bertz CT molecular complexity index is 614. The third kappa shape index (κ3) is 5.66. The van der Waals surface area contributed by atoms with E-state index in [0.29, 0.717) is 11.7 Å². The molecular formula is C17H19BrN2OS. The van der Waals surface area contributed by atoms with E-state index >= 15 is 0 Å². The zero-order valence-electron chi connectivity index (χ0n) is 12.6. The maximum absolute atomic E-state index is 5.73. The van der Waals surface area contributed by atoms with Crippen LogP contribution in [0, 0.1) is 6.92 Å². The van der Waals surface area contributed by atoms with E-state index in [2.05, 4.69) is 33.5 Å². The van der Waals surface area contributed by atoms with Crippen LogP contribution in [-0.2, 0) is 0 Å². The second-order valence-electron chi connectivity index (χ2n) is 5.13. The monoisotopic (exact) mass is 378 g/mol. The molecule has 2 rings (SSSR count). The maximum atomic E-state index is 5.73. The molecule has 2 N–H and O–H groups in total. The van der Waals surface area contributed by atoms with Crippen molar-refractivity contribution in [2.45, 2.75) is 19.9 Å². The SMILES string of the molecule is Cc1ccc(OCC(C)NC(=S)Nc2ccc(Br)cc2)cc1. The Morgan fingerprint density at radius 3 is 2.41 bits per heavy atom. The minimum atomic E-state index is 0.108. The molecule has 0 aromatic heterocycles. The molecule has 0 saturated heterocycles. The van der Waals surface area contributed by atoms with Crippen molar-refractivity contribution in [1.29, 1.82) is 0 Å². The molecule has 3 nitrogen and oxygen atoms in total. The van der Waals surface area contributed by atoms with Crippen LogP contribution in [0.3, 0.4) is 0 Å². The fourth-order valence-electron chi connectivity index (χ4n) is 1.82. The van der Waals surface area contributed by atoms with E-state index in [4.69, 9.17) is 17.0 Å². The third-order valence-electron chi connectivity index (χ3n) is 3.00. The molecule has 0 aliphatic carbocycles. The van der Waals surface area contributed by atoms with Gasteiger partial charge in [-0.1, -0.05) is 33.6 Å². The molecule has 0 saturated carbocycles. The number of benzene rings is 2. The van der Waals surface area contributed by atoms with E-state index in [9.17, 15) is 0 Å². The van der Waals surface area contributed by atoms with Crippen LogP contribution in [0.15, 0.2) is 53.0 Å². The van der Waals surface area contributed by atoms with Gasteiger partial charge in [-0.15, -0.1) is 0 Å². The van der Waals surface area contributed by atoms with Crippen molar-refractivity contribution >= 4 is 38.9 Å². The highest BCUT2D eigenvalue weighted by atomic mass is 79.9. The molecule has 116 valence electrons. The molecule has 1 unspecified atom stereocenters. The lowest BCUT2D eigenvalue weighted by Gasteiger charge is -2.17. The second-order valence-corrected chi connectivity index (χ2v) is 6.45. The first-order valence-corrected chi connectivity index (χ1v) is 8.25. The van der Waals surface area contributed by atoms with Crippen LogP contribution in [0.4, 0.5) is 5.69 Å². The average molecular weight is 379 g/mol. The van der Waals surface area contributed by atoms with Gasteiger partial charge in [0.2, 0.25) is 0 Å². The Labute approximate surface area is 145 Å². The van der Waals surface area contributed by atoms with Gasteiger partial charge in [-0.25, -0.2) is 0 Å². The number of ether oxygens (including phenoxy) is 1. The van der Waals surface area contributed by atoms with Crippen LogP contribution in [0.5, 0.6) is 5.75 Å². The first-order valence-electron chi connectivity index (χ1n) is 7.05. The zero-order valence-corrected chi connectivity index (χ0v) is 15.0. The molecule has 0 aliphatic rings. The minimum absolute atomic E-state index is 0.108. The number of aryl methyl sites for hydroxylation is 1.